The van der Waals surface area contributed by atoms with Crippen LogP contribution in [0.4, 0.5) is 15.1 Å². The molecule has 0 spiro atoms. The predicted molar refractivity (Wildman–Crippen MR) is 136 cm³/mol. The molecule has 0 aliphatic heterocycles. The zero-order valence-electron chi connectivity index (χ0n) is 20.1. The number of ether oxygens (including phenoxy) is 2. The Balaban J connectivity index is 1.54. The Labute approximate surface area is 209 Å². The van der Waals surface area contributed by atoms with E-state index in [4.69, 9.17) is 9.47 Å². The molecule has 2 heterocycles. The maximum Gasteiger partial charge on any atom is 0.413 e. The van der Waals surface area contributed by atoms with Gasteiger partial charge in [-0.3, -0.25) is 9.69 Å². The van der Waals surface area contributed by atoms with Crippen LogP contribution in [0.25, 0.3) is 32.9 Å². The van der Waals surface area contributed by atoms with Gasteiger partial charge in [0.25, 0.3) is 5.56 Å². The van der Waals surface area contributed by atoms with Gasteiger partial charge in [-0.05, 0) is 47.5 Å². The average molecular weight is 503 g/mol. The number of rotatable bonds is 6. The highest BCUT2D eigenvalue weighted by Crippen LogP contribution is 2.33. The zero-order valence-corrected chi connectivity index (χ0v) is 20.1. The second-order valence-corrected chi connectivity index (χ2v) is 8.38. The van der Waals surface area contributed by atoms with Crippen molar-refractivity contribution in [1.29, 1.82) is 0 Å². The highest BCUT2D eigenvalue weighted by molar-refractivity contribution is 5.89. The van der Waals surface area contributed by atoms with E-state index < -0.39 is 11.9 Å². The normalized spacial score (nSPS) is 11.1. The number of hydrogen-bond acceptors (Lipinski definition) is 6. The summed E-state index contributed by atoms with van der Waals surface area (Å²) >= 11 is 0. The lowest BCUT2D eigenvalue weighted by Crippen LogP contribution is -2.24. The van der Waals surface area contributed by atoms with Gasteiger partial charge in [-0.2, -0.15) is 5.10 Å². The van der Waals surface area contributed by atoms with Crippen molar-refractivity contribution in [2.75, 3.05) is 26.2 Å². The first-order valence-electron chi connectivity index (χ1n) is 11.2. The summed E-state index contributed by atoms with van der Waals surface area (Å²) in [7, 11) is 4.38. The Morgan fingerprint density at radius 2 is 1.78 bits per heavy atom. The largest absolute Gasteiger partial charge is 0.493 e. The Morgan fingerprint density at radius 1 is 1.05 bits per heavy atom. The summed E-state index contributed by atoms with van der Waals surface area (Å²) in [6.45, 7) is 0. The van der Waals surface area contributed by atoms with Crippen LogP contribution in [0.5, 0.6) is 11.5 Å². The van der Waals surface area contributed by atoms with Crippen LogP contribution < -0.4 is 19.9 Å². The van der Waals surface area contributed by atoms with Gasteiger partial charge in [-0.15, -0.1) is 0 Å². The number of halogens is 1. The number of hydrogen-bond donors (Lipinski definition) is 3. The Kier molecular flexibility index (Phi) is 5.96. The third-order valence-corrected chi connectivity index (χ3v) is 6.16. The van der Waals surface area contributed by atoms with Crippen LogP contribution in [-0.2, 0) is 6.42 Å². The fourth-order valence-corrected chi connectivity index (χ4v) is 4.19. The first-order valence-corrected chi connectivity index (χ1v) is 11.2. The summed E-state index contributed by atoms with van der Waals surface area (Å²) in [5.41, 5.74) is 3.03. The van der Waals surface area contributed by atoms with Gasteiger partial charge >= 0.3 is 6.09 Å². The quantitative estimate of drug-likeness (QED) is 0.314. The van der Waals surface area contributed by atoms with Crippen LogP contribution in [0.15, 0.2) is 53.3 Å². The zero-order chi connectivity index (χ0) is 26.3. The molecule has 188 valence electrons. The van der Waals surface area contributed by atoms with Crippen molar-refractivity contribution in [3.05, 3.63) is 76.0 Å². The highest BCUT2D eigenvalue weighted by Gasteiger charge is 2.16. The van der Waals surface area contributed by atoms with Gasteiger partial charge in [0.15, 0.2) is 11.5 Å². The smallest absolute Gasteiger partial charge is 0.413 e. The van der Waals surface area contributed by atoms with Crippen molar-refractivity contribution in [1.82, 2.24) is 20.2 Å². The number of H-pyrrole nitrogens is 2. The fourth-order valence-electron chi connectivity index (χ4n) is 4.19. The summed E-state index contributed by atoms with van der Waals surface area (Å²) in [4.78, 5) is 31.9. The summed E-state index contributed by atoms with van der Waals surface area (Å²) in [6.07, 6.45) is -0.841. The van der Waals surface area contributed by atoms with Crippen LogP contribution in [-0.4, -0.2) is 52.6 Å². The van der Waals surface area contributed by atoms with Crippen LogP contribution in [0.2, 0.25) is 0 Å². The van der Waals surface area contributed by atoms with Gasteiger partial charge in [0.2, 0.25) is 5.95 Å². The van der Waals surface area contributed by atoms with E-state index in [1.807, 2.05) is 0 Å². The number of amides is 1. The molecule has 10 nitrogen and oxygen atoms in total. The number of carboxylic acid groups (broad SMARTS) is 1. The van der Waals surface area contributed by atoms with E-state index in [0.717, 1.165) is 10.5 Å². The number of nitrogens with one attached hydrogen (secondary N) is 2. The van der Waals surface area contributed by atoms with Crippen LogP contribution in [0.3, 0.4) is 0 Å². The van der Waals surface area contributed by atoms with E-state index >= 15 is 0 Å². The molecule has 11 heteroatoms. The first-order chi connectivity index (χ1) is 17.8. The SMILES string of the molecule is COc1cc2c(Cc3ccc(F)c(-c4ccc5[nH]c(N(C)C(=O)O)nc5c4)c3)n[nH]c(=O)c2cc1OC. The standard InChI is InChI=1S/C26H22FN5O5/c1-32(26(34)35)25-28-19-7-5-14(10-21(19)29-25)15-8-13(4-6-18(15)27)9-20-16-11-22(36-2)23(37-3)12-17(16)24(33)31-30-20/h4-8,10-12H,9H2,1-3H3,(H,28,29)(H,31,33)(H,34,35). The predicted octanol–water partition coefficient (Wildman–Crippen LogP) is 4.33. The molecule has 2 aromatic heterocycles. The van der Waals surface area contributed by atoms with Gasteiger partial charge in [0.05, 0.1) is 36.3 Å². The van der Waals surface area contributed by atoms with E-state index in [2.05, 4.69) is 20.2 Å². The van der Waals surface area contributed by atoms with Gasteiger partial charge in [-0.1, -0.05) is 12.1 Å². The molecular weight excluding hydrogens is 481 g/mol. The summed E-state index contributed by atoms with van der Waals surface area (Å²) in [5.74, 6) is 0.626. The molecule has 0 fully saturated rings. The molecule has 37 heavy (non-hydrogen) atoms. The minimum atomic E-state index is -1.16. The molecule has 0 bridgehead atoms. The van der Waals surface area contributed by atoms with Crippen LogP contribution in [0.1, 0.15) is 11.3 Å². The molecule has 0 saturated carbocycles. The lowest BCUT2D eigenvalue weighted by Gasteiger charge is -2.12. The van der Waals surface area contributed by atoms with E-state index in [0.29, 0.717) is 56.5 Å². The van der Waals surface area contributed by atoms with E-state index in [9.17, 15) is 19.1 Å². The topological polar surface area (TPSA) is 133 Å². The van der Waals surface area contributed by atoms with Gasteiger partial charge in [0, 0.05) is 24.4 Å². The van der Waals surface area contributed by atoms with Crippen molar-refractivity contribution in [2.24, 2.45) is 0 Å². The number of methoxy groups -OCH3 is 2. The number of aromatic nitrogens is 4. The lowest BCUT2D eigenvalue weighted by molar-refractivity contribution is 0.203. The fraction of sp³-hybridized carbons (Fsp3) is 0.154. The molecule has 3 aromatic carbocycles. The number of anilines is 1. The summed E-state index contributed by atoms with van der Waals surface area (Å²) < 4.78 is 25.6. The Bertz CT molecular complexity index is 1730. The molecule has 0 unspecified atom stereocenters. The summed E-state index contributed by atoms with van der Waals surface area (Å²) in [6, 6.07) is 13.2. The Hall–Kier alpha value is -4.93. The molecular formula is C26H22FN5O5. The number of aromatic amines is 2. The molecule has 3 N–H and O–H groups in total. The van der Waals surface area contributed by atoms with Gasteiger partial charge in [-0.25, -0.2) is 19.3 Å². The number of fused-ring (bicyclic) bond motifs is 2. The van der Waals surface area contributed by atoms with E-state index in [-0.39, 0.29) is 11.5 Å². The Morgan fingerprint density at radius 3 is 2.49 bits per heavy atom. The minimum absolute atomic E-state index is 0.164. The number of imidazole rings is 1. The molecule has 0 atom stereocenters. The van der Waals surface area contributed by atoms with Crippen molar-refractivity contribution in [2.45, 2.75) is 6.42 Å². The van der Waals surface area contributed by atoms with Gasteiger partial charge < -0.3 is 19.6 Å². The lowest BCUT2D eigenvalue weighted by atomic mass is 9.98. The van der Waals surface area contributed by atoms with Crippen LogP contribution in [0, 0.1) is 5.82 Å². The summed E-state index contributed by atoms with van der Waals surface area (Å²) in [5, 5.41) is 16.9. The van der Waals surface area contributed by atoms with E-state index in [1.165, 1.54) is 27.3 Å². The molecule has 0 saturated heterocycles. The number of benzene rings is 3. The molecule has 5 aromatic rings. The van der Waals surface area contributed by atoms with Crippen molar-refractivity contribution in [3.8, 4) is 22.6 Å². The van der Waals surface area contributed by atoms with Crippen molar-refractivity contribution >= 4 is 33.8 Å². The molecule has 0 aliphatic rings. The van der Waals surface area contributed by atoms with Gasteiger partial charge in [0.1, 0.15) is 5.82 Å². The van der Waals surface area contributed by atoms with Crippen LogP contribution >= 0.6 is 0 Å². The third-order valence-electron chi connectivity index (χ3n) is 6.16. The first kappa shape index (κ1) is 23.8. The maximum atomic E-state index is 14.9. The molecule has 0 radical (unpaired) electrons. The van der Waals surface area contributed by atoms with Crippen molar-refractivity contribution in [3.63, 3.8) is 0 Å². The monoisotopic (exact) mass is 503 g/mol. The van der Waals surface area contributed by atoms with Crippen molar-refractivity contribution < 1.29 is 23.8 Å². The number of carbonyl (C=O) groups is 1. The minimum Gasteiger partial charge on any atom is -0.493 e. The average Bonchev–Trinajstić information content (AvgIpc) is 3.33. The molecule has 0 aliphatic carbocycles. The molecule has 1 amide bonds. The highest BCUT2D eigenvalue weighted by atomic mass is 19.1. The number of nitrogens with zero attached hydrogens (tertiary/aromatic N) is 3. The maximum absolute atomic E-state index is 14.9. The third kappa shape index (κ3) is 4.31. The molecule has 5 rings (SSSR count). The van der Waals surface area contributed by atoms with E-state index in [1.54, 1.807) is 42.5 Å². The second-order valence-electron chi connectivity index (χ2n) is 8.38. The second kappa shape index (κ2) is 9.26.